The van der Waals surface area contributed by atoms with Gasteiger partial charge in [0.2, 0.25) is 0 Å². The minimum atomic E-state index is -1.55. The van der Waals surface area contributed by atoms with Crippen molar-refractivity contribution in [1.29, 1.82) is 0 Å². The highest BCUT2D eigenvalue weighted by Crippen LogP contribution is 2.22. The van der Waals surface area contributed by atoms with Gasteiger partial charge in [-0.05, 0) is 96.3 Å². The van der Waals surface area contributed by atoms with E-state index in [4.69, 9.17) is 18.9 Å². The normalized spacial score (nSPS) is 20.2. The second kappa shape index (κ2) is 46.2. The summed E-state index contributed by atoms with van der Waals surface area (Å²) >= 11 is 0. The molecular weight excluding hydrogens is 817 g/mol. The van der Waals surface area contributed by atoms with E-state index in [2.05, 4.69) is 111 Å². The van der Waals surface area contributed by atoms with Crippen LogP contribution in [0.25, 0.3) is 0 Å². The summed E-state index contributed by atoms with van der Waals surface area (Å²) in [4.78, 5) is 12.8. The van der Waals surface area contributed by atoms with Crippen molar-refractivity contribution in [2.24, 2.45) is 0 Å². The fourth-order valence-electron chi connectivity index (χ4n) is 7.23. The van der Waals surface area contributed by atoms with E-state index >= 15 is 0 Å². The number of esters is 1. The molecule has 0 amide bonds. The molecule has 9 nitrogen and oxygen atoms in total. The number of unbranched alkanes of at least 4 members (excludes halogenated alkanes) is 16. The molecule has 0 aliphatic carbocycles. The topological polar surface area (TPSA) is 135 Å². The third-order valence-electron chi connectivity index (χ3n) is 11.2. The lowest BCUT2D eigenvalue weighted by Gasteiger charge is -2.39. The van der Waals surface area contributed by atoms with E-state index in [0.717, 1.165) is 89.9 Å². The van der Waals surface area contributed by atoms with Gasteiger partial charge in [0.15, 0.2) is 6.29 Å². The molecule has 0 aromatic rings. The van der Waals surface area contributed by atoms with Gasteiger partial charge in [0.25, 0.3) is 0 Å². The number of hydrogen-bond donors (Lipinski definition) is 4. The number of carbonyl (C=O) groups excluding carboxylic acids is 1. The molecule has 1 rings (SSSR count). The Labute approximate surface area is 396 Å². The molecule has 0 spiro atoms. The number of ether oxygens (including phenoxy) is 4. The molecule has 6 unspecified atom stereocenters. The van der Waals surface area contributed by atoms with Crippen LogP contribution in [0.1, 0.15) is 187 Å². The third-order valence-corrected chi connectivity index (χ3v) is 11.2. The molecule has 1 saturated heterocycles. The Morgan fingerprint density at radius 3 is 1.43 bits per heavy atom. The summed E-state index contributed by atoms with van der Waals surface area (Å²) in [5.74, 6) is -0.350. The van der Waals surface area contributed by atoms with E-state index in [0.29, 0.717) is 13.0 Å². The molecule has 9 heteroatoms. The van der Waals surface area contributed by atoms with Crippen LogP contribution in [-0.2, 0) is 23.7 Å². The second-order valence-electron chi connectivity index (χ2n) is 17.2. The standard InChI is InChI=1S/C56H94O9/c1-3-5-7-9-11-13-15-17-19-21-22-23-24-25-26-27-28-29-31-33-35-37-39-41-43-45-52(58)64-50(49-63-56-55(61)54(60)53(59)51(47-57)65-56)48-62-46-44-42-40-38-36-34-32-30-20-18-16-14-12-10-8-6-4-2/h5,7,11,13,17,19-20,22-23,25-26,28-30,33,35,50-51,53-57,59-61H,3-4,6,8-10,12,14-16,18,21,24,27,31-32,34,36-49H2,1-2H3/b7-5-,13-11-,19-17-,23-22-,26-25-,29-28-,30-20-,35-33-. The third kappa shape index (κ3) is 36.9. The van der Waals surface area contributed by atoms with Crippen LogP contribution in [0.15, 0.2) is 97.2 Å². The summed E-state index contributed by atoms with van der Waals surface area (Å²) in [6.45, 7) is 4.38. The van der Waals surface area contributed by atoms with Crippen LogP contribution in [0.4, 0.5) is 0 Å². The maximum absolute atomic E-state index is 12.8. The minimum absolute atomic E-state index is 0.121. The fraction of sp³-hybridized carbons (Fsp3) is 0.696. The minimum Gasteiger partial charge on any atom is -0.457 e. The zero-order valence-corrected chi connectivity index (χ0v) is 41.0. The maximum Gasteiger partial charge on any atom is 0.306 e. The Morgan fingerprint density at radius 1 is 0.508 bits per heavy atom. The van der Waals surface area contributed by atoms with Crippen LogP contribution in [0, 0.1) is 0 Å². The molecule has 0 radical (unpaired) electrons. The zero-order valence-electron chi connectivity index (χ0n) is 41.0. The number of rotatable bonds is 43. The molecular formula is C56H94O9. The van der Waals surface area contributed by atoms with E-state index in [9.17, 15) is 25.2 Å². The van der Waals surface area contributed by atoms with Crippen LogP contribution in [0.2, 0.25) is 0 Å². The summed E-state index contributed by atoms with van der Waals surface area (Å²) in [5, 5.41) is 40.2. The van der Waals surface area contributed by atoms with Gasteiger partial charge >= 0.3 is 5.97 Å². The number of hydrogen-bond acceptors (Lipinski definition) is 9. The van der Waals surface area contributed by atoms with E-state index in [1.54, 1.807) is 0 Å². The Balaban J connectivity index is 2.26. The van der Waals surface area contributed by atoms with Crippen LogP contribution < -0.4 is 0 Å². The summed E-state index contributed by atoms with van der Waals surface area (Å²) in [6.07, 6.45) is 57.2. The molecule has 372 valence electrons. The lowest BCUT2D eigenvalue weighted by atomic mass is 9.99. The van der Waals surface area contributed by atoms with E-state index in [1.165, 1.54) is 70.6 Å². The summed E-state index contributed by atoms with van der Waals surface area (Å²) in [5.41, 5.74) is 0. The van der Waals surface area contributed by atoms with Crippen molar-refractivity contribution in [3.63, 3.8) is 0 Å². The van der Waals surface area contributed by atoms with Gasteiger partial charge in [-0.3, -0.25) is 4.79 Å². The van der Waals surface area contributed by atoms with Gasteiger partial charge in [-0.25, -0.2) is 0 Å². The van der Waals surface area contributed by atoms with Crippen molar-refractivity contribution in [2.75, 3.05) is 26.4 Å². The first-order valence-corrected chi connectivity index (χ1v) is 25.8. The molecule has 1 heterocycles. The molecule has 1 aliphatic rings. The molecule has 1 fully saturated rings. The molecule has 1 aliphatic heterocycles. The second-order valence-corrected chi connectivity index (χ2v) is 17.2. The molecule has 4 N–H and O–H groups in total. The number of aliphatic hydroxyl groups is 4. The monoisotopic (exact) mass is 911 g/mol. The van der Waals surface area contributed by atoms with Gasteiger partial charge in [-0.2, -0.15) is 0 Å². The Bertz CT molecular complexity index is 1310. The van der Waals surface area contributed by atoms with E-state index in [1.807, 2.05) is 0 Å². The van der Waals surface area contributed by atoms with Crippen LogP contribution >= 0.6 is 0 Å². The lowest BCUT2D eigenvalue weighted by molar-refractivity contribution is -0.305. The number of allylic oxidation sites excluding steroid dienone is 16. The lowest BCUT2D eigenvalue weighted by Crippen LogP contribution is -2.59. The number of carbonyl (C=O) groups is 1. The Morgan fingerprint density at radius 2 is 0.938 bits per heavy atom. The molecule has 65 heavy (non-hydrogen) atoms. The summed E-state index contributed by atoms with van der Waals surface area (Å²) < 4.78 is 22.8. The van der Waals surface area contributed by atoms with Crippen molar-refractivity contribution < 1.29 is 44.2 Å². The Kier molecular flexibility index (Phi) is 42.8. The van der Waals surface area contributed by atoms with Crippen LogP contribution in [-0.4, -0.2) is 89.6 Å². The highest BCUT2D eigenvalue weighted by molar-refractivity contribution is 5.69. The fourth-order valence-corrected chi connectivity index (χ4v) is 7.23. The first-order chi connectivity index (χ1) is 31.9. The van der Waals surface area contributed by atoms with Gasteiger partial charge < -0.3 is 39.4 Å². The average molecular weight is 911 g/mol. The highest BCUT2D eigenvalue weighted by atomic mass is 16.7. The molecule has 6 atom stereocenters. The SMILES string of the molecule is CC/C=C\C/C=C\C/C=C\C/C=C\C/C=C\C/C=C\C/C=C\CCCCCC(=O)OC(COCCCCCCCC/C=C\CCCCCCCCC)COC1OC(CO)C(O)C(O)C1O. The predicted octanol–water partition coefficient (Wildman–Crippen LogP) is 12.8. The molecule has 0 bridgehead atoms. The van der Waals surface area contributed by atoms with Gasteiger partial charge in [0.1, 0.15) is 30.5 Å². The zero-order chi connectivity index (χ0) is 47.1. The van der Waals surface area contributed by atoms with Crippen molar-refractivity contribution in [3.8, 4) is 0 Å². The summed E-state index contributed by atoms with van der Waals surface area (Å²) in [7, 11) is 0. The van der Waals surface area contributed by atoms with Crippen LogP contribution in [0.3, 0.4) is 0 Å². The van der Waals surface area contributed by atoms with E-state index < -0.39 is 43.4 Å². The van der Waals surface area contributed by atoms with Crippen molar-refractivity contribution in [3.05, 3.63) is 97.2 Å². The number of aliphatic hydroxyl groups excluding tert-OH is 4. The Hall–Kier alpha value is -2.89. The molecule has 0 saturated carbocycles. The quantitative estimate of drug-likeness (QED) is 0.0268. The van der Waals surface area contributed by atoms with Gasteiger partial charge in [0, 0.05) is 13.0 Å². The first kappa shape index (κ1) is 60.1. The van der Waals surface area contributed by atoms with E-state index in [-0.39, 0.29) is 25.6 Å². The van der Waals surface area contributed by atoms with Gasteiger partial charge in [-0.15, -0.1) is 0 Å². The van der Waals surface area contributed by atoms with Gasteiger partial charge in [0.05, 0.1) is 19.8 Å². The molecule has 0 aromatic carbocycles. The predicted molar refractivity (Wildman–Crippen MR) is 270 cm³/mol. The highest BCUT2D eigenvalue weighted by Gasteiger charge is 2.44. The van der Waals surface area contributed by atoms with Crippen molar-refractivity contribution >= 4 is 5.97 Å². The van der Waals surface area contributed by atoms with Crippen LogP contribution in [0.5, 0.6) is 0 Å². The van der Waals surface area contributed by atoms with Gasteiger partial charge in [-0.1, -0.05) is 182 Å². The van der Waals surface area contributed by atoms with Crippen molar-refractivity contribution in [2.45, 2.75) is 224 Å². The largest absolute Gasteiger partial charge is 0.457 e. The average Bonchev–Trinajstić information content (AvgIpc) is 3.31. The maximum atomic E-state index is 12.8. The molecule has 0 aromatic heterocycles. The first-order valence-electron chi connectivity index (χ1n) is 25.8. The smallest absolute Gasteiger partial charge is 0.306 e. The summed E-state index contributed by atoms with van der Waals surface area (Å²) in [6, 6.07) is 0. The van der Waals surface area contributed by atoms with Crippen molar-refractivity contribution in [1.82, 2.24) is 0 Å².